The number of hydrogen-bond acceptors (Lipinski definition) is 6. The van der Waals surface area contributed by atoms with Gasteiger partial charge in [-0.1, -0.05) is 105 Å². The van der Waals surface area contributed by atoms with Crippen LogP contribution in [-0.2, 0) is 36.7 Å². The van der Waals surface area contributed by atoms with Gasteiger partial charge in [0, 0.05) is 19.4 Å². The summed E-state index contributed by atoms with van der Waals surface area (Å²) in [6.45, 7) is 16.6. The summed E-state index contributed by atoms with van der Waals surface area (Å²) in [7, 11) is 0. The number of ether oxygens (including phenoxy) is 2. The van der Waals surface area contributed by atoms with Crippen LogP contribution in [0.3, 0.4) is 0 Å². The molecule has 0 heterocycles. The van der Waals surface area contributed by atoms with E-state index in [-0.39, 0.29) is 19.4 Å². The van der Waals surface area contributed by atoms with Crippen LogP contribution in [0, 0.1) is 0 Å². The Morgan fingerprint density at radius 3 is 1.84 bits per heavy atom. The molecule has 0 fully saturated rings. The van der Waals surface area contributed by atoms with Crippen LogP contribution in [0.15, 0.2) is 91.5 Å². The molecule has 0 radical (unpaired) electrons. The zero-order valence-corrected chi connectivity index (χ0v) is 30.5. The summed E-state index contributed by atoms with van der Waals surface area (Å²) >= 11 is 0. The molecule has 9 nitrogen and oxygen atoms in total. The Balaban J connectivity index is 2.12. The number of nitrogens with one attached hydrogen (secondary N) is 2. The van der Waals surface area contributed by atoms with Gasteiger partial charge in [-0.3, -0.25) is 9.59 Å². The molecule has 9 heteroatoms. The third-order valence-electron chi connectivity index (χ3n) is 7.62. The maximum atomic E-state index is 14.8. The summed E-state index contributed by atoms with van der Waals surface area (Å²) in [5.74, 6) is -1.61. The van der Waals surface area contributed by atoms with Crippen LogP contribution in [0.4, 0.5) is 4.79 Å². The number of esters is 1. The largest absolute Gasteiger partial charge is 0.458 e. The Labute approximate surface area is 297 Å². The summed E-state index contributed by atoms with van der Waals surface area (Å²) in [4.78, 5) is 57.7. The van der Waals surface area contributed by atoms with E-state index in [0.29, 0.717) is 12.0 Å². The molecule has 2 N–H and O–H groups in total. The number of carbonyl (C=O) groups excluding carboxylic acids is 4. The van der Waals surface area contributed by atoms with Crippen molar-refractivity contribution in [1.29, 1.82) is 0 Å². The lowest BCUT2D eigenvalue weighted by Crippen LogP contribution is -2.55. The fourth-order valence-corrected chi connectivity index (χ4v) is 5.39. The molecule has 3 aromatic rings. The van der Waals surface area contributed by atoms with Gasteiger partial charge in [0.2, 0.25) is 11.8 Å². The highest BCUT2D eigenvalue weighted by molar-refractivity contribution is 5.94. The van der Waals surface area contributed by atoms with Gasteiger partial charge < -0.3 is 25.0 Å². The number of nitrogens with zero attached hydrogens (tertiary/aromatic N) is 1. The Morgan fingerprint density at radius 1 is 0.760 bits per heavy atom. The van der Waals surface area contributed by atoms with Gasteiger partial charge in [0.05, 0.1) is 0 Å². The third kappa shape index (κ3) is 12.8. The highest BCUT2D eigenvalue weighted by atomic mass is 16.6. The van der Waals surface area contributed by atoms with Crippen LogP contribution in [0.5, 0.6) is 0 Å². The molecule has 0 aliphatic carbocycles. The van der Waals surface area contributed by atoms with Crippen LogP contribution in [-0.4, -0.2) is 58.6 Å². The second kappa shape index (κ2) is 18.2. The van der Waals surface area contributed by atoms with Crippen LogP contribution >= 0.6 is 0 Å². The van der Waals surface area contributed by atoms with Gasteiger partial charge in [-0.05, 0) is 76.3 Å². The molecule has 3 atom stereocenters. The number of alkyl carbamates (subject to hydrolysis) is 1. The molecule has 3 aromatic carbocycles. The van der Waals surface area contributed by atoms with E-state index in [9.17, 15) is 19.2 Å². The Morgan fingerprint density at radius 2 is 1.32 bits per heavy atom. The number of unbranched alkanes of at least 4 members (excludes halogenated alkanes) is 1. The average molecular weight is 684 g/mol. The maximum absolute atomic E-state index is 14.8. The lowest BCUT2D eigenvalue weighted by molar-refractivity contribution is -0.159. The van der Waals surface area contributed by atoms with Crippen molar-refractivity contribution in [3.63, 3.8) is 0 Å². The molecule has 50 heavy (non-hydrogen) atoms. The number of amides is 3. The standard InChI is InChI=1S/C41H53N3O6/c1-9-11-25-44(37(46)33(27-30-19-14-12-15-20-30)43-39(48)50-41(6,7)8)35(32-24-18-23-29(10-2)26-32)36(45)42-34(38(47)49-40(3,4)5)28-31-21-16-13-17-22-31/h10,12-24,26,33-35H,2,9,11,25,27-28H2,1,3-8H3,(H,42,45)(H,43,48). The summed E-state index contributed by atoms with van der Waals surface area (Å²) in [6.07, 6.45) is 2.59. The minimum Gasteiger partial charge on any atom is -0.458 e. The third-order valence-corrected chi connectivity index (χ3v) is 7.62. The first-order valence-electron chi connectivity index (χ1n) is 17.2. The van der Waals surface area contributed by atoms with E-state index in [0.717, 1.165) is 23.1 Å². The first-order chi connectivity index (χ1) is 23.6. The van der Waals surface area contributed by atoms with Gasteiger partial charge >= 0.3 is 12.1 Å². The minimum atomic E-state index is -1.16. The van der Waals surface area contributed by atoms with E-state index in [1.807, 2.05) is 73.7 Å². The molecule has 0 spiro atoms. The van der Waals surface area contributed by atoms with E-state index in [2.05, 4.69) is 17.2 Å². The Bertz CT molecular complexity index is 1580. The molecule has 0 aliphatic heterocycles. The Kier molecular flexibility index (Phi) is 14.4. The van der Waals surface area contributed by atoms with Crippen molar-refractivity contribution >= 4 is 30.0 Å². The predicted molar refractivity (Wildman–Crippen MR) is 197 cm³/mol. The monoisotopic (exact) mass is 683 g/mol. The van der Waals surface area contributed by atoms with Gasteiger partial charge in [-0.25, -0.2) is 9.59 Å². The number of rotatable bonds is 15. The van der Waals surface area contributed by atoms with E-state index >= 15 is 0 Å². The molecule has 3 unspecified atom stereocenters. The smallest absolute Gasteiger partial charge is 0.408 e. The quantitative estimate of drug-likeness (QED) is 0.164. The zero-order chi connectivity index (χ0) is 36.9. The summed E-state index contributed by atoms with van der Waals surface area (Å²) in [5.41, 5.74) is 1.34. The van der Waals surface area contributed by atoms with Crippen LogP contribution in [0.2, 0.25) is 0 Å². The van der Waals surface area contributed by atoms with Crippen molar-refractivity contribution in [2.24, 2.45) is 0 Å². The van der Waals surface area contributed by atoms with Crippen LogP contribution in [0.25, 0.3) is 6.08 Å². The minimum absolute atomic E-state index is 0.164. The van der Waals surface area contributed by atoms with E-state index in [1.165, 1.54) is 4.90 Å². The molecule has 0 aromatic heterocycles. The summed E-state index contributed by atoms with van der Waals surface area (Å²) in [6, 6.07) is 22.7. The van der Waals surface area contributed by atoms with Gasteiger partial charge in [-0.2, -0.15) is 0 Å². The Hall–Kier alpha value is -4.92. The molecule has 0 saturated heterocycles. The fourth-order valence-electron chi connectivity index (χ4n) is 5.39. The van der Waals surface area contributed by atoms with Crippen molar-refractivity contribution in [2.75, 3.05) is 6.54 Å². The second-order valence-corrected chi connectivity index (χ2v) is 14.3. The summed E-state index contributed by atoms with van der Waals surface area (Å²) in [5, 5.41) is 5.74. The lowest BCUT2D eigenvalue weighted by Gasteiger charge is -2.35. The van der Waals surface area contributed by atoms with Crippen molar-refractivity contribution in [1.82, 2.24) is 15.5 Å². The zero-order valence-electron chi connectivity index (χ0n) is 30.5. The van der Waals surface area contributed by atoms with Gasteiger partial charge in [-0.15, -0.1) is 0 Å². The predicted octanol–water partition coefficient (Wildman–Crippen LogP) is 7.20. The topological polar surface area (TPSA) is 114 Å². The molecule has 3 amide bonds. The van der Waals surface area contributed by atoms with E-state index in [4.69, 9.17) is 9.47 Å². The number of carbonyl (C=O) groups is 4. The van der Waals surface area contributed by atoms with Crippen molar-refractivity contribution in [3.8, 4) is 0 Å². The van der Waals surface area contributed by atoms with E-state index < -0.39 is 53.2 Å². The molecular formula is C41H53N3O6. The molecular weight excluding hydrogens is 630 g/mol. The second-order valence-electron chi connectivity index (χ2n) is 14.3. The highest BCUT2D eigenvalue weighted by Gasteiger charge is 2.38. The van der Waals surface area contributed by atoms with E-state index in [1.54, 1.807) is 65.8 Å². The molecule has 0 saturated carbocycles. The molecule has 0 bridgehead atoms. The van der Waals surface area contributed by atoms with Crippen LogP contribution in [0.1, 0.15) is 89.6 Å². The van der Waals surface area contributed by atoms with Gasteiger partial charge in [0.25, 0.3) is 0 Å². The molecule has 0 aliphatic rings. The van der Waals surface area contributed by atoms with Crippen molar-refractivity contribution < 1.29 is 28.7 Å². The van der Waals surface area contributed by atoms with Gasteiger partial charge in [0.1, 0.15) is 29.3 Å². The molecule has 3 rings (SSSR count). The summed E-state index contributed by atoms with van der Waals surface area (Å²) < 4.78 is 11.3. The van der Waals surface area contributed by atoms with Crippen molar-refractivity contribution in [3.05, 3.63) is 114 Å². The average Bonchev–Trinajstić information content (AvgIpc) is 3.05. The normalized spacial score (nSPS) is 13.3. The number of benzene rings is 3. The SMILES string of the molecule is C=Cc1cccc(C(C(=O)NC(Cc2ccccc2)C(=O)OC(C)(C)C)N(CCCC)C(=O)C(Cc2ccccc2)NC(=O)OC(C)(C)C)c1. The van der Waals surface area contributed by atoms with Crippen molar-refractivity contribution in [2.45, 2.75) is 103 Å². The number of hydrogen-bond donors (Lipinski definition) is 2. The van der Waals surface area contributed by atoms with Gasteiger partial charge in [0.15, 0.2) is 0 Å². The maximum Gasteiger partial charge on any atom is 0.408 e. The lowest BCUT2D eigenvalue weighted by atomic mass is 9.97. The van der Waals surface area contributed by atoms with Crippen LogP contribution < -0.4 is 10.6 Å². The fraction of sp³-hybridized carbons (Fsp3) is 0.415. The first kappa shape index (κ1) is 39.5. The highest BCUT2D eigenvalue weighted by Crippen LogP contribution is 2.26. The molecule has 268 valence electrons. The first-order valence-corrected chi connectivity index (χ1v) is 17.2.